The van der Waals surface area contributed by atoms with Gasteiger partial charge in [-0.05, 0) is 43.1 Å². The molecule has 0 unspecified atom stereocenters. The largest absolute Gasteiger partial charge is 0.326 e. The number of aromatic nitrogens is 1. The first kappa shape index (κ1) is 12.4. The highest BCUT2D eigenvalue weighted by molar-refractivity contribution is 8.00. The first-order valence-corrected chi connectivity index (χ1v) is 7.44. The molecule has 3 aromatic rings. The minimum Gasteiger partial charge on any atom is -0.326 e. The molecule has 2 aromatic carbocycles. The molecule has 3 rings (SSSR count). The first-order valence-electron chi connectivity index (χ1n) is 5.74. The van der Waals surface area contributed by atoms with E-state index in [1.807, 2.05) is 31.2 Å². The maximum Gasteiger partial charge on any atom is 0.125 e. The molecular formula is C14H11FN2S2. The molecule has 0 radical (unpaired) electrons. The second-order valence-electron chi connectivity index (χ2n) is 4.17. The van der Waals surface area contributed by atoms with Crippen molar-refractivity contribution in [1.82, 2.24) is 4.98 Å². The van der Waals surface area contributed by atoms with Crippen molar-refractivity contribution in [3.8, 4) is 0 Å². The van der Waals surface area contributed by atoms with E-state index in [-0.39, 0.29) is 5.82 Å². The van der Waals surface area contributed by atoms with Crippen LogP contribution in [0.25, 0.3) is 10.2 Å². The fourth-order valence-corrected chi connectivity index (χ4v) is 3.30. The average molecular weight is 290 g/mol. The van der Waals surface area contributed by atoms with E-state index in [9.17, 15) is 4.39 Å². The number of hydrogen-bond acceptors (Lipinski definition) is 4. The van der Waals surface area contributed by atoms with Gasteiger partial charge in [0.1, 0.15) is 5.82 Å². The second kappa shape index (κ2) is 5.19. The summed E-state index contributed by atoms with van der Waals surface area (Å²) >= 11 is 2.83. The molecule has 0 spiro atoms. The summed E-state index contributed by atoms with van der Waals surface area (Å²) in [5, 5.41) is 0. The lowest BCUT2D eigenvalue weighted by Crippen LogP contribution is -1.88. The summed E-state index contributed by atoms with van der Waals surface area (Å²) < 4.78 is 17.6. The molecule has 0 bridgehead atoms. The zero-order chi connectivity index (χ0) is 13.2. The number of anilines is 1. The summed E-state index contributed by atoms with van der Waals surface area (Å²) in [5.74, 6) is -0.232. The van der Waals surface area contributed by atoms with Crippen molar-refractivity contribution < 1.29 is 4.39 Å². The standard InChI is InChI=1S/C14H11FN2S2/c1-9-2-4-11(5-3-9)17-19-13-7-10(15)6-12-14(13)16-8-18-12/h2-8,17H,1H3. The molecule has 0 aliphatic rings. The highest BCUT2D eigenvalue weighted by Gasteiger charge is 2.07. The van der Waals surface area contributed by atoms with Crippen molar-refractivity contribution in [3.63, 3.8) is 0 Å². The molecule has 1 N–H and O–H groups in total. The van der Waals surface area contributed by atoms with Gasteiger partial charge in [0.25, 0.3) is 0 Å². The Hall–Kier alpha value is -1.59. The van der Waals surface area contributed by atoms with Crippen LogP contribution in [-0.4, -0.2) is 4.98 Å². The van der Waals surface area contributed by atoms with Gasteiger partial charge in [0.15, 0.2) is 0 Å². The fourth-order valence-electron chi connectivity index (χ4n) is 1.72. The van der Waals surface area contributed by atoms with Crippen molar-refractivity contribution in [2.75, 3.05) is 4.72 Å². The van der Waals surface area contributed by atoms with Crippen molar-refractivity contribution in [2.45, 2.75) is 11.8 Å². The molecule has 96 valence electrons. The zero-order valence-electron chi connectivity index (χ0n) is 10.2. The molecule has 0 saturated heterocycles. The molecule has 0 atom stereocenters. The fraction of sp³-hybridized carbons (Fsp3) is 0.0714. The molecular weight excluding hydrogens is 279 g/mol. The van der Waals surface area contributed by atoms with Gasteiger partial charge in [0.05, 0.1) is 20.6 Å². The predicted molar refractivity (Wildman–Crippen MR) is 80.2 cm³/mol. The maximum atomic E-state index is 13.5. The number of benzene rings is 2. The molecule has 19 heavy (non-hydrogen) atoms. The molecule has 0 aliphatic carbocycles. The SMILES string of the molecule is Cc1ccc(NSc2cc(F)cc3scnc23)cc1. The molecule has 0 fully saturated rings. The lowest BCUT2D eigenvalue weighted by molar-refractivity contribution is 0.627. The van der Waals surface area contributed by atoms with Crippen LogP contribution in [0.2, 0.25) is 0 Å². The van der Waals surface area contributed by atoms with Crippen LogP contribution in [0.3, 0.4) is 0 Å². The highest BCUT2D eigenvalue weighted by Crippen LogP contribution is 2.31. The third-order valence-electron chi connectivity index (χ3n) is 2.70. The van der Waals surface area contributed by atoms with Crippen molar-refractivity contribution in [3.05, 3.63) is 53.3 Å². The monoisotopic (exact) mass is 290 g/mol. The Morgan fingerprint density at radius 3 is 2.79 bits per heavy atom. The zero-order valence-corrected chi connectivity index (χ0v) is 11.8. The van der Waals surface area contributed by atoms with E-state index >= 15 is 0 Å². The van der Waals surface area contributed by atoms with Crippen molar-refractivity contribution in [2.24, 2.45) is 0 Å². The van der Waals surface area contributed by atoms with Gasteiger partial charge in [-0.1, -0.05) is 17.7 Å². The van der Waals surface area contributed by atoms with Gasteiger partial charge in [-0.2, -0.15) is 0 Å². The molecule has 1 heterocycles. The van der Waals surface area contributed by atoms with Crippen molar-refractivity contribution >= 4 is 39.2 Å². The van der Waals surface area contributed by atoms with E-state index in [1.165, 1.54) is 41.0 Å². The highest BCUT2D eigenvalue weighted by atomic mass is 32.2. The van der Waals surface area contributed by atoms with E-state index in [0.29, 0.717) is 0 Å². The molecule has 5 heteroatoms. The number of aryl methyl sites for hydroxylation is 1. The molecule has 0 amide bonds. The third kappa shape index (κ3) is 2.72. The van der Waals surface area contributed by atoms with Crippen LogP contribution < -0.4 is 4.72 Å². The van der Waals surface area contributed by atoms with Crippen LogP contribution in [0.1, 0.15) is 5.56 Å². The van der Waals surface area contributed by atoms with Gasteiger partial charge in [-0.3, -0.25) is 0 Å². The number of nitrogens with zero attached hydrogens (tertiary/aromatic N) is 1. The van der Waals surface area contributed by atoms with E-state index in [4.69, 9.17) is 0 Å². The number of nitrogens with one attached hydrogen (secondary N) is 1. The van der Waals surface area contributed by atoms with Gasteiger partial charge in [0, 0.05) is 5.69 Å². The van der Waals surface area contributed by atoms with E-state index in [2.05, 4.69) is 9.71 Å². The quantitative estimate of drug-likeness (QED) is 0.697. The van der Waals surface area contributed by atoms with Crippen LogP contribution in [-0.2, 0) is 0 Å². The lowest BCUT2D eigenvalue weighted by atomic mass is 10.2. The number of hydrogen-bond donors (Lipinski definition) is 1. The van der Waals surface area contributed by atoms with Crippen LogP contribution in [0.5, 0.6) is 0 Å². The Bertz CT molecular complexity index is 707. The Labute approximate surface area is 118 Å². The summed E-state index contributed by atoms with van der Waals surface area (Å²) in [7, 11) is 0. The van der Waals surface area contributed by atoms with Crippen LogP contribution in [0.4, 0.5) is 10.1 Å². The molecule has 0 aliphatic heterocycles. The summed E-state index contributed by atoms with van der Waals surface area (Å²) in [6.07, 6.45) is 0. The third-order valence-corrected chi connectivity index (χ3v) is 4.34. The first-order chi connectivity index (χ1) is 9.22. The van der Waals surface area contributed by atoms with Gasteiger partial charge in [-0.15, -0.1) is 11.3 Å². The summed E-state index contributed by atoms with van der Waals surface area (Å²) in [4.78, 5) is 5.08. The topological polar surface area (TPSA) is 24.9 Å². The van der Waals surface area contributed by atoms with E-state index in [0.717, 1.165) is 20.8 Å². The summed E-state index contributed by atoms with van der Waals surface area (Å²) in [5.41, 5.74) is 4.78. The molecule has 0 saturated carbocycles. The Balaban J connectivity index is 1.85. The predicted octanol–water partition coefficient (Wildman–Crippen LogP) is 4.86. The molecule has 2 nitrogen and oxygen atoms in total. The van der Waals surface area contributed by atoms with Gasteiger partial charge in [0.2, 0.25) is 0 Å². The normalized spacial score (nSPS) is 10.8. The van der Waals surface area contributed by atoms with Gasteiger partial charge >= 0.3 is 0 Å². The van der Waals surface area contributed by atoms with E-state index in [1.54, 1.807) is 5.51 Å². The minimum absolute atomic E-state index is 0.232. The number of thiazole rings is 1. The summed E-state index contributed by atoms with van der Waals surface area (Å²) in [6.45, 7) is 2.04. The van der Waals surface area contributed by atoms with Crippen LogP contribution in [0.15, 0.2) is 46.8 Å². The maximum absolute atomic E-state index is 13.5. The Kier molecular flexibility index (Phi) is 3.40. The van der Waals surface area contributed by atoms with Crippen LogP contribution >= 0.6 is 23.3 Å². The van der Waals surface area contributed by atoms with Gasteiger partial charge in [-0.25, -0.2) is 9.37 Å². The van der Waals surface area contributed by atoms with Gasteiger partial charge < -0.3 is 4.72 Å². The number of rotatable bonds is 3. The second-order valence-corrected chi connectivity index (χ2v) is 5.91. The number of fused-ring (bicyclic) bond motifs is 1. The lowest BCUT2D eigenvalue weighted by Gasteiger charge is -2.06. The Morgan fingerprint density at radius 1 is 1.21 bits per heavy atom. The van der Waals surface area contributed by atoms with E-state index < -0.39 is 0 Å². The number of halogens is 1. The Morgan fingerprint density at radius 2 is 2.00 bits per heavy atom. The minimum atomic E-state index is -0.232. The summed E-state index contributed by atoms with van der Waals surface area (Å²) in [6, 6.07) is 11.1. The van der Waals surface area contributed by atoms with Crippen molar-refractivity contribution in [1.29, 1.82) is 0 Å². The van der Waals surface area contributed by atoms with Crippen LogP contribution in [0, 0.1) is 12.7 Å². The molecule has 1 aromatic heterocycles. The smallest absolute Gasteiger partial charge is 0.125 e. The average Bonchev–Trinajstić information content (AvgIpc) is 2.85.